The Kier molecular flexibility index (Phi) is 5.52. The van der Waals surface area contributed by atoms with E-state index in [1.165, 1.54) is 11.6 Å². The van der Waals surface area contributed by atoms with Crippen LogP contribution in [0.1, 0.15) is 57.2 Å². The molecule has 0 saturated heterocycles. The Morgan fingerprint density at radius 1 is 1.13 bits per heavy atom. The maximum Gasteiger partial charge on any atom is 0.339 e. The fraction of sp³-hybridized carbons (Fsp3) is 0.625. The van der Waals surface area contributed by atoms with Gasteiger partial charge in [0.1, 0.15) is 0 Å². The van der Waals surface area contributed by atoms with E-state index in [0.717, 1.165) is 30.3 Å². The molecule has 0 bridgehead atoms. The van der Waals surface area contributed by atoms with Crippen molar-refractivity contribution in [3.05, 3.63) is 27.2 Å². The van der Waals surface area contributed by atoms with E-state index in [4.69, 9.17) is 0 Å². The maximum absolute atomic E-state index is 12.7. The second kappa shape index (κ2) is 7.39. The van der Waals surface area contributed by atoms with E-state index >= 15 is 0 Å². The predicted molar refractivity (Wildman–Crippen MR) is 88.9 cm³/mol. The van der Waals surface area contributed by atoms with Gasteiger partial charge < -0.3 is 4.57 Å². The number of carbonyl (C=O) groups excluding carboxylic acids is 1. The Morgan fingerprint density at radius 2 is 1.83 bits per heavy atom. The first-order valence-electron chi connectivity index (χ1n) is 8.23. The van der Waals surface area contributed by atoms with Crippen molar-refractivity contribution in [3.8, 4) is 0 Å². The zero-order chi connectivity index (χ0) is 17.0. The molecule has 0 aromatic carbocycles. The standard InChI is InChI=1S/C16H24N4O3/c1-4-6-8-9-12(21)20-15(22)13-14(18(3)16(20)23)17-11-19(13)10-7-5-2/h11H,4-10H2,1-3H3. The van der Waals surface area contributed by atoms with Gasteiger partial charge in [0, 0.05) is 20.0 Å². The highest BCUT2D eigenvalue weighted by Crippen LogP contribution is 2.08. The molecule has 2 rings (SSSR count). The fourth-order valence-corrected chi connectivity index (χ4v) is 2.62. The molecule has 0 amide bonds. The van der Waals surface area contributed by atoms with Crippen LogP contribution in [-0.2, 0) is 13.6 Å². The van der Waals surface area contributed by atoms with Crippen molar-refractivity contribution in [3.63, 3.8) is 0 Å². The minimum absolute atomic E-state index is 0.206. The minimum Gasteiger partial charge on any atom is -0.325 e. The van der Waals surface area contributed by atoms with E-state index in [0.29, 0.717) is 24.1 Å². The molecule has 7 nitrogen and oxygen atoms in total. The number of nitrogens with zero attached hydrogens (tertiary/aromatic N) is 4. The number of fused-ring (bicyclic) bond motifs is 1. The monoisotopic (exact) mass is 320 g/mol. The van der Waals surface area contributed by atoms with Crippen LogP contribution in [0.3, 0.4) is 0 Å². The van der Waals surface area contributed by atoms with Crippen LogP contribution in [0.5, 0.6) is 0 Å². The van der Waals surface area contributed by atoms with Crippen LogP contribution >= 0.6 is 0 Å². The van der Waals surface area contributed by atoms with Crippen molar-refractivity contribution in [1.29, 1.82) is 0 Å². The molecule has 0 atom stereocenters. The average Bonchev–Trinajstić information content (AvgIpc) is 2.95. The summed E-state index contributed by atoms with van der Waals surface area (Å²) in [6.07, 6.45) is 6.21. The van der Waals surface area contributed by atoms with Crippen molar-refractivity contribution in [1.82, 2.24) is 18.7 Å². The summed E-state index contributed by atoms with van der Waals surface area (Å²) in [6, 6.07) is 0. The summed E-state index contributed by atoms with van der Waals surface area (Å²) in [4.78, 5) is 41.5. The van der Waals surface area contributed by atoms with Crippen LogP contribution in [0.15, 0.2) is 15.9 Å². The van der Waals surface area contributed by atoms with Crippen LogP contribution < -0.4 is 11.2 Å². The number of imidazole rings is 1. The van der Waals surface area contributed by atoms with Crippen LogP contribution in [0.2, 0.25) is 0 Å². The molecule has 126 valence electrons. The van der Waals surface area contributed by atoms with E-state index in [1.807, 2.05) is 6.92 Å². The summed E-state index contributed by atoms with van der Waals surface area (Å²) in [5, 5.41) is 0. The molecular formula is C16H24N4O3. The summed E-state index contributed by atoms with van der Waals surface area (Å²) in [5.74, 6) is -0.436. The highest BCUT2D eigenvalue weighted by molar-refractivity contribution is 5.81. The highest BCUT2D eigenvalue weighted by Gasteiger charge is 2.19. The Balaban J connectivity index is 2.54. The molecule has 0 fully saturated rings. The normalized spacial score (nSPS) is 11.3. The largest absolute Gasteiger partial charge is 0.339 e. The number of unbranched alkanes of at least 4 members (excludes halogenated alkanes) is 3. The quantitative estimate of drug-likeness (QED) is 0.730. The Bertz CT molecular complexity index is 813. The highest BCUT2D eigenvalue weighted by atomic mass is 16.2. The van der Waals surface area contributed by atoms with E-state index in [1.54, 1.807) is 10.9 Å². The molecule has 2 aromatic rings. The van der Waals surface area contributed by atoms with Gasteiger partial charge >= 0.3 is 5.69 Å². The third-order valence-electron chi connectivity index (χ3n) is 4.02. The van der Waals surface area contributed by atoms with Crippen LogP contribution in [-0.4, -0.2) is 24.6 Å². The van der Waals surface area contributed by atoms with Gasteiger partial charge in [0.2, 0.25) is 5.91 Å². The zero-order valence-corrected chi connectivity index (χ0v) is 14.0. The summed E-state index contributed by atoms with van der Waals surface area (Å²) < 4.78 is 3.77. The molecule has 2 aromatic heterocycles. The first kappa shape index (κ1) is 17.2. The summed E-state index contributed by atoms with van der Waals surface area (Å²) in [5.41, 5.74) is -0.527. The SMILES string of the molecule is CCCCCC(=O)n1c(=O)c2c(ncn2CCCC)n(C)c1=O. The summed E-state index contributed by atoms with van der Waals surface area (Å²) >= 11 is 0. The van der Waals surface area contributed by atoms with Crippen LogP contribution in [0, 0.1) is 0 Å². The van der Waals surface area contributed by atoms with Gasteiger partial charge in [-0.2, -0.15) is 4.57 Å². The second-order valence-corrected chi connectivity index (χ2v) is 5.80. The first-order chi connectivity index (χ1) is 11.0. The number of aryl methyl sites for hydroxylation is 2. The molecule has 0 spiro atoms. The Morgan fingerprint density at radius 3 is 2.48 bits per heavy atom. The van der Waals surface area contributed by atoms with E-state index in [-0.39, 0.29) is 6.42 Å². The van der Waals surface area contributed by atoms with Crippen molar-refractivity contribution >= 4 is 17.1 Å². The van der Waals surface area contributed by atoms with Gasteiger partial charge in [-0.1, -0.05) is 33.1 Å². The number of rotatable bonds is 7. The smallest absolute Gasteiger partial charge is 0.325 e. The van der Waals surface area contributed by atoms with Crippen molar-refractivity contribution in [2.24, 2.45) is 7.05 Å². The van der Waals surface area contributed by atoms with Gasteiger partial charge in [0.25, 0.3) is 5.56 Å². The minimum atomic E-state index is -0.621. The van der Waals surface area contributed by atoms with Gasteiger partial charge in [0.05, 0.1) is 6.33 Å². The molecule has 0 unspecified atom stereocenters. The number of hydrogen-bond donors (Lipinski definition) is 0. The van der Waals surface area contributed by atoms with E-state index in [2.05, 4.69) is 11.9 Å². The zero-order valence-electron chi connectivity index (χ0n) is 14.0. The van der Waals surface area contributed by atoms with Crippen LogP contribution in [0.25, 0.3) is 11.2 Å². The third-order valence-corrected chi connectivity index (χ3v) is 4.02. The molecule has 7 heteroatoms. The lowest BCUT2D eigenvalue weighted by molar-refractivity contribution is 0.0888. The number of carbonyl (C=O) groups is 1. The molecule has 0 aliphatic heterocycles. The number of aromatic nitrogens is 4. The van der Waals surface area contributed by atoms with E-state index < -0.39 is 17.2 Å². The lowest BCUT2D eigenvalue weighted by Crippen LogP contribution is -2.43. The van der Waals surface area contributed by atoms with Crippen molar-refractivity contribution in [2.45, 2.75) is 58.9 Å². The fourth-order valence-electron chi connectivity index (χ4n) is 2.62. The predicted octanol–water partition coefficient (Wildman–Crippen LogP) is 1.92. The van der Waals surface area contributed by atoms with Gasteiger partial charge in [-0.3, -0.25) is 14.2 Å². The van der Waals surface area contributed by atoms with Crippen LogP contribution in [0.4, 0.5) is 0 Å². The first-order valence-corrected chi connectivity index (χ1v) is 8.23. The Hall–Kier alpha value is -2.18. The number of hydrogen-bond acceptors (Lipinski definition) is 4. The topological polar surface area (TPSA) is 78.9 Å². The van der Waals surface area contributed by atoms with Gasteiger partial charge in [-0.25, -0.2) is 9.78 Å². The lowest BCUT2D eigenvalue weighted by atomic mass is 10.2. The van der Waals surface area contributed by atoms with Crippen molar-refractivity contribution in [2.75, 3.05) is 0 Å². The summed E-state index contributed by atoms with van der Waals surface area (Å²) in [6.45, 7) is 4.74. The summed E-state index contributed by atoms with van der Waals surface area (Å²) in [7, 11) is 1.54. The second-order valence-electron chi connectivity index (χ2n) is 5.80. The lowest BCUT2D eigenvalue weighted by Gasteiger charge is -2.08. The average molecular weight is 320 g/mol. The molecular weight excluding hydrogens is 296 g/mol. The molecule has 0 radical (unpaired) electrons. The molecule has 0 N–H and O–H groups in total. The van der Waals surface area contributed by atoms with E-state index in [9.17, 15) is 14.4 Å². The van der Waals surface area contributed by atoms with Gasteiger partial charge in [-0.15, -0.1) is 0 Å². The van der Waals surface area contributed by atoms with Crippen molar-refractivity contribution < 1.29 is 4.79 Å². The van der Waals surface area contributed by atoms with Gasteiger partial charge in [0.15, 0.2) is 11.2 Å². The molecule has 0 aliphatic carbocycles. The molecule has 23 heavy (non-hydrogen) atoms. The molecule has 0 saturated carbocycles. The maximum atomic E-state index is 12.7. The third kappa shape index (κ3) is 3.28. The Labute approximate surface area is 134 Å². The van der Waals surface area contributed by atoms with Gasteiger partial charge in [-0.05, 0) is 12.8 Å². The molecule has 2 heterocycles. The molecule has 0 aliphatic rings.